The van der Waals surface area contributed by atoms with Crippen LogP contribution in [0, 0.1) is 6.92 Å². The third-order valence-electron chi connectivity index (χ3n) is 3.24. The minimum absolute atomic E-state index is 0.108. The number of aryl methyl sites for hydroxylation is 1. The van der Waals surface area contributed by atoms with E-state index < -0.39 is 0 Å². The van der Waals surface area contributed by atoms with Crippen molar-refractivity contribution in [3.63, 3.8) is 0 Å². The molecule has 0 saturated carbocycles. The van der Waals surface area contributed by atoms with Crippen LogP contribution in [0.4, 0.5) is 0 Å². The molecule has 2 heterocycles. The molecular formula is C14H15N3O3. The Labute approximate surface area is 116 Å². The summed E-state index contributed by atoms with van der Waals surface area (Å²) in [5, 5.41) is 3.67. The second-order valence-electron chi connectivity index (χ2n) is 4.66. The Bertz CT molecular complexity index is 597. The van der Waals surface area contributed by atoms with Crippen LogP contribution >= 0.6 is 0 Å². The van der Waals surface area contributed by atoms with Gasteiger partial charge in [-0.1, -0.05) is 35.5 Å². The largest absolute Gasteiger partial charge is 0.370 e. The molecule has 0 radical (unpaired) electrons. The third-order valence-corrected chi connectivity index (χ3v) is 3.24. The molecule has 104 valence electrons. The second-order valence-corrected chi connectivity index (χ2v) is 4.66. The molecule has 20 heavy (non-hydrogen) atoms. The van der Waals surface area contributed by atoms with E-state index in [4.69, 9.17) is 9.26 Å². The van der Waals surface area contributed by atoms with Gasteiger partial charge in [0.25, 0.3) is 11.7 Å². The molecule has 2 aromatic rings. The summed E-state index contributed by atoms with van der Waals surface area (Å²) in [4.78, 5) is 17.9. The van der Waals surface area contributed by atoms with Crippen molar-refractivity contribution < 1.29 is 14.1 Å². The molecule has 0 spiro atoms. The van der Waals surface area contributed by atoms with E-state index in [2.05, 4.69) is 10.1 Å². The molecule has 1 aromatic carbocycles. The quantitative estimate of drug-likeness (QED) is 0.831. The van der Waals surface area contributed by atoms with Gasteiger partial charge in [0.1, 0.15) is 6.10 Å². The van der Waals surface area contributed by atoms with Gasteiger partial charge in [-0.2, -0.15) is 4.98 Å². The Hall–Kier alpha value is -2.21. The summed E-state index contributed by atoms with van der Waals surface area (Å²) in [6, 6.07) is 9.87. The summed E-state index contributed by atoms with van der Waals surface area (Å²) in [5.41, 5.74) is 1.06. The molecule has 6 nitrogen and oxygen atoms in total. The zero-order valence-electron chi connectivity index (χ0n) is 11.2. The maximum absolute atomic E-state index is 12.3. The zero-order valence-corrected chi connectivity index (χ0v) is 11.2. The van der Waals surface area contributed by atoms with Crippen molar-refractivity contribution in [1.29, 1.82) is 0 Å². The monoisotopic (exact) mass is 273 g/mol. The van der Waals surface area contributed by atoms with Crippen LogP contribution in [-0.2, 0) is 4.74 Å². The van der Waals surface area contributed by atoms with Crippen molar-refractivity contribution in [3.8, 4) is 0 Å². The molecule has 1 unspecified atom stereocenters. The number of hydrogen-bond donors (Lipinski definition) is 0. The first-order chi connectivity index (χ1) is 9.74. The van der Waals surface area contributed by atoms with Crippen LogP contribution in [0.25, 0.3) is 0 Å². The van der Waals surface area contributed by atoms with Crippen LogP contribution in [0.2, 0.25) is 0 Å². The maximum Gasteiger partial charge on any atom is 0.295 e. The average Bonchev–Trinajstić information content (AvgIpc) is 2.94. The van der Waals surface area contributed by atoms with Gasteiger partial charge in [0.05, 0.1) is 13.2 Å². The highest BCUT2D eigenvalue weighted by molar-refractivity contribution is 5.90. The van der Waals surface area contributed by atoms with Crippen molar-refractivity contribution >= 4 is 5.91 Å². The van der Waals surface area contributed by atoms with Crippen LogP contribution in [0.15, 0.2) is 34.9 Å². The smallest absolute Gasteiger partial charge is 0.295 e. The third kappa shape index (κ3) is 2.55. The Morgan fingerprint density at radius 2 is 2.15 bits per heavy atom. The average molecular weight is 273 g/mol. The lowest BCUT2D eigenvalue weighted by Crippen LogP contribution is -2.42. The van der Waals surface area contributed by atoms with E-state index in [1.54, 1.807) is 11.8 Å². The van der Waals surface area contributed by atoms with Crippen molar-refractivity contribution in [2.45, 2.75) is 13.0 Å². The van der Waals surface area contributed by atoms with Crippen molar-refractivity contribution in [3.05, 3.63) is 47.6 Å². The molecule has 1 saturated heterocycles. The zero-order chi connectivity index (χ0) is 13.9. The van der Waals surface area contributed by atoms with Crippen LogP contribution in [0.3, 0.4) is 0 Å². The number of benzene rings is 1. The number of morpholine rings is 1. The molecule has 0 bridgehead atoms. The molecule has 0 aliphatic carbocycles. The highest BCUT2D eigenvalue weighted by atomic mass is 16.5. The van der Waals surface area contributed by atoms with Crippen molar-refractivity contribution in [2.24, 2.45) is 0 Å². The molecule has 1 aliphatic heterocycles. The van der Waals surface area contributed by atoms with Gasteiger partial charge in [0.15, 0.2) is 0 Å². The number of nitrogens with zero attached hydrogens (tertiary/aromatic N) is 3. The Morgan fingerprint density at radius 3 is 2.85 bits per heavy atom. The lowest BCUT2D eigenvalue weighted by atomic mass is 10.1. The Kier molecular flexibility index (Phi) is 3.47. The number of hydrogen-bond acceptors (Lipinski definition) is 5. The van der Waals surface area contributed by atoms with Crippen LogP contribution in [-0.4, -0.2) is 40.6 Å². The number of ether oxygens (including phenoxy) is 1. The van der Waals surface area contributed by atoms with E-state index in [1.165, 1.54) is 0 Å². The summed E-state index contributed by atoms with van der Waals surface area (Å²) < 4.78 is 10.6. The van der Waals surface area contributed by atoms with Crippen LogP contribution in [0.5, 0.6) is 0 Å². The summed E-state index contributed by atoms with van der Waals surface area (Å²) >= 11 is 0. The predicted octanol–water partition coefficient (Wildman–Crippen LogP) is 1.59. The number of amides is 1. The SMILES string of the molecule is Cc1nc(C(=O)N2CCOC(c3ccccc3)C2)no1. The molecule has 1 aliphatic rings. The topological polar surface area (TPSA) is 68.5 Å². The first-order valence-corrected chi connectivity index (χ1v) is 6.50. The van der Waals surface area contributed by atoms with Gasteiger partial charge in [-0.25, -0.2) is 0 Å². The van der Waals surface area contributed by atoms with Gasteiger partial charge in [0.2, 0.25) is 5.89 Å². The maximum atomic E-state index is 12.3. The lowest BCUT2D eigenvalue weighted by molar-refractivity contribution is -0.0233. The van der Waals surface area contributed by atoms with E-state index in [1.807, 2.05) is 30.3 Å². The van der Waals surface area contributed by atoms with Gasteiger partial charge < -0.3 is 14.2 Å². The minimum Gasteiger partial charge on any atom is -0.370 e. The summed E-state index contributed by atoms with van der Waals surface area (Å²) in [6.45, 7) is 3.20. The number of carbonyl (C=O) groups excluding carboxylic acids is 1. The van der Waals surface area contributed by atoms with Gasteiger partial charge in [-0.3, -0.25) is 4.79 Å². The molecule has 1 amide bonds. The molecule has 6 heteroatoms. The molecular weight excluding hydrogens is 258 g/mol. The first-order valence-electron chi connectivity index (χ1n) is 6.50. The molecule has 3 rings (SSSR count). The van der Waals surface area contributed by atoms with Gasteiger partial charge in [-0.15, -0.1) is 0 Å². The van der Waals surface area contributed by atoms with E-state index in [0.29, 0.717) is 25.6 Å². The Morgan fingerprint density at radius 1 is 1.35 bits per heavy atom. The van der Waals surface area contributed by atoms with Crippen molar-refractivity contribution in [1.82, 2.24) is 15.0 Å². The first kappa shape index (κ1) is 12.8. The minimum atomic E-state index is -0.217. The Balaban J connectivity index is 1.74. The van der Waals surface area contributed by atoms with Crippen molar-refractivity contribution in [2.75, 3.05) is 19.7 Å². The molecule has 0 N–H and O–H groups in total. The molecule has 1 aromatic heterocycles. The van der Waals surface area contributed by atoms with Gasteiger partial charge >= 0.3 is 0 Å². The highest BCUT2D eigenvalue weighted by Crippen LogP contribution is 2.22. The lowest BCUT2D eigenvalue weighted by Gasteiger charge is -2.32. The van der Waals surface area contributed by atoms with E-state index >= 15 is 0 Å². The fourth-order valence-corrected chi connectivity index (χ4v) is 2.23. The van der Waals surface area contributed by atoms with E-state index in [-0.39, 0.29) is 17.8 Å². The fraction of sp³-hybridized carbons (Fsp3) is 0.357. The second kappa shape index (κ2) is 5.42. The number of aromatic nitrogens is 2. The van der Waals surface area contributed by atoms with Gasteiger partial charge in [0, 0.05) is 13.5 Å². The summed E-state index contributed by atoms with van der Waals surface area (Å²) in [7, 11) is 0. The summed E-state index contributed by atoms with van der Waals surface area (Å²) in [6.07, 6.45) is -0.109. The standard InChI is InChI=1S/C14H15N3O3/c1-10-15-13(16-20-10)14(18)17-7-8-19-12(9-17)11-5-3-2-4-6-11/h2-6,12H,7-9H2,1H3. The number of carbonyl (C=O) groups is 1. The molecule has 1 fully saturated rings. The highest BCUT2D eigenvalue weighted by Gasteiger charge is 2.28. The van der Waals surface area contributed by atoms with Crippen LogP contribution < -0.4 is 0 Å². The normalized spacial score (nSPS) is 19.1. The summed E-state index contributed by atoms with van der Waals surface area (Å²) in [5.74, 6) is 0.281. The van der Waals surface area contributed by atoms with E-state index in [9.17, 15) is 4.79 Å². The fourth-order valence-electron chi connectivity index (χ4n) is 2.23. The van der Waals surface area contributed by atoms with Gasteiger partial charge in [-0.05, 0) is 5.56 Å². The number of rotatable bonds is 2. The molecule has 1 atom stereocenters. The predicted molar refractivity (Wildman–Crippen MR) is 70.1 cm³/mol. The van der Waals surface area contributed by atoms with Crippen LogP contribution in [0.1, 0.15) is 28.2 Å². The van der Waals surface area contributed by atoms with E-state index in [0.717, 1.165) is 5.56 Å².